The van der Waals surface area contributed by atoms with E-state index in [1.165, 1.54) is 17.5 Å². The molecule has 2 aliphatic heterocycles. The number of nitrogens with zero attached hydrogens (tertiary/aromatic N) is 2. The van der Waals surface area contributed by atoms with Gasteiger partial charge in [-0.15, -0.1) is 0 Å². The molecule has 2 heterocycles. The molecule has 25 heavy (non-hydrogen) atoms. The fourth-order valence-corrected chi connectivity index (χ4v) is 4.40. The van der Waals surface area contributed by atoms with Crippen LogP contribution in [0.3, 0.4) is 0 Å². The predicted molar refractivity (Wildman–Crippen MR) is 103 cm³/mol. The van der Waals surface area contributed by atoms with Crippen LogP contribution in [0.1, 0.15) is 44.2 Å². The Labute approximate surface area is 152 Å². The first-order valence-corrected chi connectivity index (χ1v) is 9.83. The van der Waals surface area contributed by atoms with Gasteiger partial charge in [-0.05, 0) is 43.6 Å². The Hall–Kier alpha value is -1.55. The van der Waals surface area contributed by atoms with Gasteiger partial charge in [-0.1, -0.05) is 43.7 Å². The van der Waals surface area contributed by atoms with Gasteiger partial charge >= 0.3 is 6.03 Å². The summed E-state index contributed by atoms with van der Waals surface area (Å²) in [5.74, 6) is 1.23. The maximum absolute atomic E-state index is 12.6. The second kappa shape index (κ2) is 8.22. The van der Waals surface area contributed by atoms with Crippen LogP contribution in [0.25, 0.3) is 0 Å². The number of aryl methyl sites for hydroxylation is 1. The predicted octanol–water partition coefficient (Wildman–Crippen LogP) is 3.65. The summed E-state index contributed by atoms with van der Waals surface area (Å²) in [4.78, 5) is 17.1. The lowest BCUT2D eigenvalue weighted by Gasteiger charge is -2.37. The minimum atomic E-state index is 0.149. The summed E-state index contributed by atoms with van der Waals surface area (Å²) in [7, 11) is 0. The summed E-state index contributed by atoms with van der Waals surface area (Å²) in [5, 5.41) is 3.28. The third-order valence-electron chi connectivity index (χ3n) is 5.56. The van der Waals surface area contributed by atoms with Crippen LogP contribution in [0.4, 0.5) is 4.79 Å². The molecule has 2 fully saturated rings. The summed E-state index contributed by atoms with van der Waals surface area (Å²) in [6.45, 7) is 11.6. The molecule has 0 spiro atoms. The second-order valence-electron chi connectivity index (χ2n) is 8.34. The molecule has 138 valence electrons. The number of nitrogens with one attached hydrogen (secondary N) is 1. The highest BCUT2D eigenvalue weighted by molar-refractivity contribution is 5.74. The van der Waals surface area contributed by atoms with Crippen molar-refractivity contribution in [1.82, 2.24) is 15.1 Å². The number of piperidine rings is 2. The van der Waals surface area contributed by atoms with Gasteiger partial charge in [0.1, 0.15) is 0 Å². The van der Waals surface area contributed by atoms with Crippen molar-refractivity contribution in [3.8, 4) is 0 Å². The average molecular weight is 344 g/mol. The van der Waals surface area contributed by atoms with Crippen molar-refractivity contribution in [2.45, 2.75) is 52.6 Å². The third-order valence-corrected chi connectivity index (χ3v) is 5.56. The monoisotopic (exact) mass is 343 g/mol. The van der Waals surface area contributed by atoms with Crippen LogP contribution >= 0.6 is 0 Å². The molecule has 3 rings (SSSR count). The lowest BCUT2D eigenvalue weighted by molar-refractivity contribution is 0.135. The van der Waals surface area contributed by atoms with Gasteiger partial charge in [-0.25, -0.2) is 4.79 Å². The number of likely N-dealkylation sites (tertiary alicyclic amines) is 2. The molecule has 0 saturated carbocycles. The number of hydrogen-bond acceptors (Lipinski definition) is 2. The maximum atomic E-state index is 12.6. The van der Waals surface area contributed by atoms with Gasteiger partial charge in [-0.2, -0.15) is 0 Å². The van der Waals surface area contributed by atoms with Crippen molar-refractivity contribution >= 4 is 6.03 Å². The molecule has 4 nitrogen and oxygen atoms in total. The zero-order valence-corrected chi connectivity index (χ0v) is 16.0. The highest BCUT2D eigenvalue weighted by Crippen LogP contribution is 2.21. The number of rotatable bonds is 3. The van der Waals surface area contributed by atoms with E-state index >= 15 is 0 Å². The Morgan fingerprint density at radius 2 is 1.84 bits per heavy atom. The molecule has 1 aromatic rings. The highest BCUT2D eigenvalue weighted by Gasteiger charge is 2.28. The van der Waals surface area contributed by atoms with E-state index in [1.807, 2.05) is 4.90 Å². The van der Waals surface area contributed by atoms with E-state index in [9.17, 15) is 4.79 Å². The van der Waals surface area contributed by atoms with Crippen LogP contribution in [0.15, 0.2) is 24.3 Å². The van der Waals surface area contributed by atoms with E-state index in [0.717, 1.165) is 45.6 Å². The lowest BCUT2D eigenvalue weighted by Crippen LogP contribution is -2.52. The number of hydrogen-bond donors (Lipinski definition) is 1. The third kappa shape index (κ3) is 5.21. The largest absolute Gasteiger partial charge is 0.335 e. The first-order chi connectivity index (χ1) is 12.0. The number of amides is 2. The molecule has 1 aromatic carbocycles. The number of carbonyl (C=O) groups excluding carboxylic acids is 1. The number of urea groups is 1. The zero-order chi connectivity index (χ0) is 17.8. The van der Waals surface area contributed by atoms with E-state index in [2.05, 4.69) is 55.3 Å². The van der Waals surface area contributed by atoms with Crippen molar-refractivity contribution < 1.29 is 4.79 Å². The minimum Gasteiger partial charge on any atom is -0.335 e. The Morgan fingerprint density at radius 3 is 2.48 bits per heavy atom. The molecular weight excluding hydrogens is 310 g/mol. The molecule has 0 bridgehead atoms. The van der Waals surface area contributed by atoms with Crippen molar-refractivity contribution in [2.24, 2.45) is 11.8 Å². The molecule has 1 N–H and O–H groups in total. The van der Waals surface area contributed by atoms with Crippen LogP contribution in [0, 0.1) is 18.8 Å². The summed E-state index contributed by atoms with van der Waals surface area (Å²) in [6, 6.07) is 9.24. The standard InChI is InChI=1S/C21H33N3O/c1-16-5-4-6-19(12-16)15-23-9-7-20(8-10-23)22-21(25)24-13-17(2)11-18(3)14-24/h4-6,12,17-18,20H,7-11,13-15H2,1-3H3,(H,22,25). The van der Waals surface area contributed by atoms with Crippen molar-refractivity contribution in [3.05, 3.63) is 35.4 Å². The molecule has 2 unspecified atom stereocenters. The molecule has 4 heteroatoms. The van der Waals surface area contributed by atoms with Gasteiger partial charge < -0.3 is 10.2 Å². The van der Waals surface area contributed by atoms with Gasteiger partial charge in [0, 0.05) is 38.8 Å². The van der Waals surface area contributed by atoms with Gasteiger partial charge in [-0.3, -0.25) is 4.90 Å². The molecule has 2 saturated heterocycles. The van der Waals surface area contributed by atoms with Gasteiger partial charge in [0.15, 0.2) is 0 Å². The molecule has 2 amide bonds. The van der Waals surface area contributed by atoms with E-state index in [1.54, 1.807) is 0 Å². The van der Waals surface area contributed by atoms with E-state index in [0.29, 0.717) is 17.9 Å². The van der Waals surface area contributed by atoms with Crippen LogP contribution in [0.5, 0.6) is 0 Å². The fraction of sp³-hybridized carbons (Fsp3) is 0.667. The Kier molecular flexibility index (Phi) is 6.00. The normalized spacial score (nSPS) is 25.8. The molecule has 0 aliphatic carbocycles. The maximum Gasteiger partial charge on any atom is 0.317 e. The van der Waals surface area contributed by atoms with Crippen LogP contribution in [0.2, 0.25) is 0 Å². The van der Waals surface area contributed by atoms with Crippen molar-refractivity contribution in [1.29, 1.82) is 0 Å². The second-order valence-corrected chi connectivity index (χ2v) is 8.34. The Balaban J connectivity index is 1.43. The Bertz CT molecular complexity index is 570. The summed E-state index contributed by atoms with van der Waals surface area (Å²) in [5.41, 5.74) is 2.71. The minimum absolute atomic E-state index is 0.149. The molecule has 2 aliphatic rings. The SMILES string of the molecule is Cc1cccc(CN2CCC(NC(=O)N3CC(C)CC(C)C3)CC2)c1. The van der Waals surface area contributed by atoms with Gasteiger partial charge in [0.2, 0.25) is 0 Å². The smallest absolute Gasteiger partial charge is 0.317 e. The first-order valence-electron chi connectivity index (χ1n) is 9.83. The zero-order valence-electron chi connectivity index (χ0n) is 16.0. The summed E-state index contributed by atoms with van der Waals surface area (Å²) < 4.78 is 0. The van der Waals surface area contributed by atoms with Crippen LogP contribution < -0.4 is 5.32 Å². The van der Waals surface area contributed by atoms with Crippen molar-refractivity contribution in [2.75, 3.05) is 26.2 Å². The average Bonchev–Trinajstić information content (AvgIpc) is 2.56. The first kappa shape index (κ1) is 18.2. The van der Waals surface area contributed by atoms with E-state index in [-0.39, 0.29) is 6.03 Å². The molecular formula is C21H33N3O. The van der Waals surface area contributed by atoms with E-state index < -0.39 is 0 Å². The van der Waals surface area contributed by atoms with Crippen LogP contribution in [-0.2, 0) is 6.54 Å². The number of benzene rings is 1. The quantitative estimate of drug-likeness (QED) is 0.909. The molecule has 0 aromatic heterocycles. The molecule has 0 radical (unpaired) electrons. The fourth-order valence-electron chi connectivity index (χ4n) is 4.40. The number of carbonyl (C=O) groups is 1. The molecule has 2 atom stereocenters. The van der Waals surface area contributed by atoms with Gasteiger partial charge in [0.25, 0.3) is 0 Å². The van der Waals surface area contributed by atoms with E-state index in [4.69, 9.17) is 0 Å². The van der Waals surface area contributed by atoms with Crippen LogP contribution in [-0.4, -0.2) is 48.1 Å². The van der Waals surface area contributed by atoms with Crippen molar-refractivity contribution in [3.63, 3.8) is 0 Å². The summed E-state index contributed by atoms with van der Waals surface area (Å²) in [6.07, 6.45) is 3.34. The Morgan fingerprint density at radius 1 is 1.16 bits per heavy atom. The topological polar surface area (TPSA) is 35.6 Å². The summed E-state index contributed by atoms with van der Waals surface area (Å²) >= 11 is 0. The highest BCUT2D eigenvalue weighted by atomic mass is 16.2. The lowest BCUT2D eigenvalue weighted by atomic mass is 9.92. The van der Waals surface area contributed by atoms with Gasteiger partial charge in [0.05, 0.1) is 0 Å².